The molecule has 3 heteroatoms. The quantitative estimate of drug-likeness (QED) is 0.400. The first-order valence-corrected chi connectivity index (χ1v) is 14.6. The number of rotatable bonds is 4. The summed E-state index contributed by atoms with van der Waals surface area (Å²) in [6, 6.07) is 0. The van der Waals surface area contributed by atoms with Gasteiger partial charge in [-0.2, -0.15) is 0 Å². The lowest BCUT2D eigenvalue weighted by Crippen LogP contribution is -2.65. The van der Waals surface area contributed by atoms with Gasteiger partial charge in [-0.05, 0) is 71.0 Å². The Labute approximate surface area is 221 Å². The molecule has 0 aromatic rings. The zero-order valence-electron chi connectivity index (χ0n) is 25.2. The van der Waals surface area contributed by atoms with Gasteiger partial charge in [0.15, 0.2) is 0 Å². The Morgan fingerprint density at radius 3 is 2.14 bits per heavy atom. The van der Waals surface area contributed by atoms with Gasteiger partial charge in [0.2, 0.25) is 0 Å². The van der Waals surface area contributed by atoms with E-state index < -0.39 is 11.5 Å². The van der Waals surface area contributed by atoms with Crippen LogP contribution < -0.4 is 0 Å². The number of aliphatic hydroxyl groups is 1. The fraction of sp³-hybridized carbons (Fsp3) is 0.879. The van der Waals surface area contributed by atoms with Gasteiger partial charge in [0.1, 0.15) is 11.6 Å². The van der Waals surface area contributed by atoms with Crippen LogP contribution in [-0.2, 0) is 9.59 Å². The highest BCUT2D eigenvalue weighted by Gasteiger charge is 2.74. The Morgan fingerprint density at radius 1 is 0.944 bits per heavy atom. The largest absolute Gasteiger partial charge is 0.392 e. The summed E-state index contributed by atoms with van der Waals surface area (Å²) >= 11 is 0. The summed E-state index contributed by atoms with van der Waals surface area (Å²) in [7, 11) is 0. The van der Waals surface area contributed by atoms with Crippen LogP contribution in [0, 0.1) is 49.7 Å². The van der Waals surface area contributed by atoms with Crippen LogP contribution >= 0.6 is 0 Å². The minimum atomic E-state index is -0.496. The van der Waals surface area contributed by atoms with E-state index in [1.165, 1.54) is 5.57 Å². The van der Waals surface area contributed by atoms with Gasteiger partial charge in [0.05, 0.1) is 6.10 Å². The van der Waals surface area contributed by atoms with Crippen molar-refractivity contribution < 1.29 is 14.7 Å². The van der Waals surface area contributed by atoms with Crippen LogP contribution in [0.1, 0.15) is 128 Å². The molecule has 0 heterocycles. The molecule has 0 aliphatic heterocycles. The smallest absolute Gasteiger partial charge is 0.140 e. The third-order valence-electron chi connectivity index (χ3n) is 12.7. The Balaban J connectivity index is 1.75. The molecule has 7 unspecified atom stereocenters. The fourth-order valence-electron chi connectivity index (χ4n) is 9.81. The highest BCUT2D eigenvalue weighted by molar-refractivity contribution is 5.90. The predicted octanol–water partition coefficient (Wildman–Crippen LogP) is 7.94. The van der Waals surface area contributed by atoms with E-state index in [2.05, 4.69) is 82.2 Å². The molecule has 7 atom stereocenters. The van der Waals surface area contributed by atoms with Gasteiger partial charge in [-0.1, -0.05) is 87.8 Å². The van der Waals surface area contributed by atoms with Crippen molar-refractivity contribution in [2.45, 2.75) is 134 Å². The minimum Gasteiger partial charge on any atom is -0.392 e. The lowest BCUT2D eigenvalue weighted by Gasteiger charge is -2.66. The zero-order valence-corrected chi connectivity index (χ0v) is 25.2. The van der Waals surface area contributed by atoms with Crippen molar-refractivity contribution >= 4 is 11.6 Å². The summed E-state index contributed by atoms with van der Waals surface area (Å²) in [5, 5.41) is 12.1. The third-order valence-corrected chi connectivity index (χ3v) is 12.7. The number of hydrogen-bond donors (Lipinski definition) is 1. The van der Waals surface area contributed by atoms with Crippen molar-refractivity contribution in [3.8, 4) is 0 Å². The third kappa shape index (κ3) is 3.68. The number of Topliss-reactive ketones (excluding diaryl/α,β-unsaturated/α-hetero) is 2. The van der Waals surface area contributed by atoms with Gasteiger partial charge in [0, 0.05) is 30.1 Å². The summed E-state index contributed by atoms with van der Waals surface area (Å²) < 4.78 is 0. The maximum Gasteiger partial charge on any atom is 0.140 e. The molecule has 0 saturated heterocycles. The average molecular weight is 499 g/mol. The molecule has 3 saturated carbocycles. The standard InChI is InChI=1S/C33H54O3/c1-27(2,3)14-15-28(4,5)26(36)31(9)17-16-30(8)24-13-12-22-23(18-21(34)19-29(22,6)7)33(24,11)25(35)20-32(30,31)10/h12,23-24,26,36H,13-20H2,1-11H3. The van der Waals surface area contributed by atoms with Gasteiger partial charge >= 0.3 is 0 Å². The number of aliphatic hydroxyl groups excluding tert-OH is 1. The Bertz CT molecular complexity index is 979. The number of fused-ring (bicyclic) bond motifs is 5. The van der Waals surface area contributed by atoms with Crippen LogP contribution in [0.25, 0.3) is 0 Å². The second-order valence-corrected chi connectivity index (χ2v) is 16.8. The lowest BCUT2D eigenvalue weighted by molar-refractivity contribution is -0.193. The van der Waals surface area contributed by atoms with E-state index in [1.54, 1.807) is 0 Å². The molecule has 0 amide bonds. The van der Waals surface area contributed by atoms with Gasteiger partial charge in [0.25, 0.3) is 0 Å². The molecule has 4 aliphatic rings. The molecule has 0 aromatic carbocycles. The molecule has 4 rings (SSSR count). The Hall–Kier alpha value is -0.960. The summed E-state index contributed by atoms with van der Waals surface area (Å²) in [5.74, 6) is 0.879. The minimum absolute atomic E-state index is 0.0291. The second-order valence-electron chi connectivity index (χ2n) is 16.8. The van der Waals surface area contributed by atoms with Crippen molar-refractivity contribution in [1.29, 1.82) is 0 Å². The predicted molar refractivity (Wildman–Crippen MR) is 147 cm³/mol. The average Bonchev–Trinajstić information content (AvgIpc) is 2.94. The first kappa shape index (κ1) is 28.1. The second kappa shape index (κ2) is 8.03. The molecule has 1 N–H and O–H groups in total. The summed E-state index contributed by atoms with van der Waals surface area (Å²) in [5.41, 5.74) is 0.0385. The summed E-state index contributed by atoms with van der Waals surface area (Å²) in [4.78, 5) is 27.3. The van der Waals surface area contributed by atoms with Crippen LogP contribution in [0.4, 0.5) is 0 Å². The van der Waals surface area contributed by atoms with Crippen molar-refractivity contribution in [3.05, 3.63) is 11.6 Å². The maximum atomic E-state index is 14.4. The fourth-order valence-corrected chi connectivity index (χ4v) is 9.81. The van der Waals surface area contributed by atoms with E-state index in [9.17, 15) is 14.7 Å². The van der Waals surface area contributed by atoms with E-state index >= 15 is 0 Å². The van der Waals surface area contributed by atoms with Crippen molar-refractivity contribution in [2.24, 2.45) is 49.7 Å². The molecule has 0 radical (unpaired) electrons. The molecule has 0 spiro atoms. The SMILES string of the molecule is CC(C)(C)CCC(C)(C)C(O)C1(C)CCC2(C)C3CC=C4C(CC(=O)CC4(C)C)C3(C)C(=O)CC12C. The molecule has 3 nitrogen and oxygen atoms in total. The number of ketones is 2. The number of allylic oxidation sites excluding steroid dienone is 2. The van der Waals surface area contributed by atoms with E-state index in [4.69, 9.17) is 0 Å². The van der Waals surface area contributed by atoms with E-state index in [0.29, 0.717) is 30.8 Å². The highest BCUT2D eigenvalue weighted by atomic mass is 16.3. The van der Waals surface area contributed by atoms with Crippen LogP contribution in [-0.4, -0.2) is 22.8 Å². The molecule has 0 bridgehead atoms. The molecular weight excluding hydrogens is 444 g/mol. The molecule has 0 aromatic heterocycles. The first-order valence-electron chi connectivity index (χ1n) is 14.6. The Kier molecular flexibility index (Phi) is 6.26. The Morgan fingerprint density at radius 2 is 1.56 bits per heavy atom. The number of carbonyl (C=O) groups is 2. The van der Waals surface area contributed by atoms with Crippen LogP contribution in [0.2, 0.25) is 0 Å². The molecule has 204 valence electrons. The number of hydrogen-bond acceptors (Lipinski definition) is 3. The van der Waals surface area contributed by atoms with Crippen molar-refractivity contribution in [3.63, 3.8) is 0 Å². The van der Waals surface area contributed by atoms with Crippen molar-refractivity contribution in [1.82, 2.24) is 0 Å². The first-order chi connectivity index (χ1) is 16.2. The zero-order chi connectivity index (χ0) is 27.3. The lowest BCUT2D eigenvalue weighted by atomic mass is 9.37. The normalized spacial score (nSPS) is 43.4. The highest BCUT2D eigenvalue weighted by Crippen LogP contribution is 2.77. The summed E-state index contributed by atoms with van der Waals surface area (Å²) in [6.45, 7) is 24.9. The summed E-state index contributed by atoms with van der Waals surface area (Å²) in [6.07, 6.45) is 8.51. The van der Waals surface area contributed by atoms with Gasteiger partial charge in [-0.25, -0.2) is 0 Å². The van der Waals surface area contributed by atoms with E-state index in [0.717, 1.165) is 32.1 Å². The van der Waals surface area contributed by atoms with Gasteiger partial charge in [-0.3, -0.25) is 9.59 Å². The monoisotopic (exact) mass is 498 g/mol. The topological polar surface area (TPSA) is 54.4 Å². The molecule has 4 aliphatic carbocycles. The maximum absolute atomic E-state index is 14.4. The van der Waals surface area contributed by atoms with E-state index in [1.807, 2.05) is 0 Å². The van der Waals surface area contributed by atoms with Crippen LogP contribution in [0.5, 0.6) is 0 Å². The molecule has 3 fully saturated rings. The number of carbonyl (C=O) groups excluding carboxylic acids is 2. The van der Waals surface area contributed by atoms with Crippen LogP contribution in [0.15, 0.2) is 11.6 Å². The molecule has 36 heavy (non-hydrogen) atoms. The molecular formula is C33H54O3. The van der Waals surface area contributed by atoms with E-state index in [-0.39, 0.29) is 44.3 Å². The van der Waals surface area contributed by atoms with Gasteiger partial charge in [-0.15, -0.1) is 0 Å². The van der Waals surface area contributed by atoms with Crippen LogP contribution in [0.3, 0.4) is 0 Å². The van der Waals surface area contributed by atoms with Gasteiger partial charge < -0.3 is 5.11 Å². The van der Waals surface area contributed by atoms with Crippen molar-refractivity contribution in [2.75, 3.05) is 0 Å².